The maximum absolute atomic E-state index is 11.3. The van der Waals surface area contributed by atoms with Crippen molar-refractivity contribution in [1.82, 2.24) is 0 Å². The van der Waals surface area contributed by atoms with E-state index in [4.69, 9.17) is 11.5 Å². The van der Waals surface area contributed by atoms with E-state index in [9.17, 15) is 19.8 Å². The van der Waals surface area contributed by atoms with E-state index in [2.05, 4.69) is 0 Å². The third-order valence-corrected chi connectivity index (χ3v) is 11.9. The number of hydrogen-bond acceptors (Lipinski definition) is 6. The van der Waals surface area contributed by atoms with Gasteiger partial charge in [-0.15, -0.1) is 0 Å². The van der Waals surface area contributed by atoms with Crippen LogP contribution in [0.25, 0.3) is 0 Å². The molecule has 0 aromatic heterocycles. The monoisotopic (exact) mass is 512 g/mol. The number of carboxylic acid groups (broad SMARTS) is 2. The summed E-state index contributed by atoms with van der Waals surface area (Å²) in [5, 5.41) is 18.6. The lowest BCUT2D eigenvalue weighted by Crippen LogP contribution is -2.49. The maximum Gasteiger partial charge on any atom is 0.309 e. The van der Waals surface area contributed by atoms with E-state index in [1.165, 1.54) is 38.5 Å². The third-order valence-electron chi connectivity index (χ3n) is 9.47. The lowest BCUT2D eigenvalue weighted by atomic mass is 9.49. The van der Waals surface area contributed by atoms with E-state index in [1.54, 1.807) is 21.6 Å². The van der Waals surface area contributed by atoms with Crippen LogP contribution < -0.4 is 11.5 Å². The molecule has 8 aliphatic carbocycles. The Morgan fingerprint density at radius 3 is 1.00 bits per heavy atom. The number of hydrogen-bond donors (Lipinski definition) is 4. The predicted molar refractivity (Wildman–Crippen MR) is 140 cm³/mol. The number of rotatable bonds is 7. The van der Waals surface area contributed by atoms with E-state index < -0.39 is 11.9 Å². The number of carbonyl (C=O) groups is 2. The van der Waals surface area contributed by atoms with Crippen molar-refractivity contribution in [2.75, 3.05) is 24.6 Å². The molecule has 0 aromatic carbocycles. The van der Waals surface area contributed by atoms with Gasteiger partial charge < -0.3 is 21.7 Å². The van der Waals surface area contributed by atoms with Gasteiger partial charge in [0.05, 0.1) is 10.8 Å². The van der Waals surface area contributed by atoms with E-state index in [0.29, 0.717) is 0 Å². The quantitative estimate of drug-likeness (QED) is 0.281. The zero-order chi connectivity index (χ0) is 24.3. The summed E-state index contributed by atoms with van der Waals surface area (Å²) in [5.74, 6) is 5.56. The van der Waals surface area contributed by atoms with Gasteiger partial charge in [0.25, 0.3) is 0 Å². The molecule has 194 valence electrons. The Balaban J connectivity index is 0.000000126. The molecular weight excluding hydrogens is 468 g/mol. The molecule has 0 amide bonds. The van der Waals surface area contributed by atoms with Gasteiger partial charge in [-0.1, -0.05) is 21.6 Å². The van der Waals surface area contributed by atoms with Crippen molar-refractivity contribution >= 4 is 33.5 Å². The molecule has 6 N–H and O–H groups in total. The van der Waals surface area contributed by atoms with Crippen LogP contribution in [-0.2, 0) is 9.59 Å². The minimum absolute atomic E-state index is 0.283. The summed E-state index contributed by atoms with van der Waals surface area (Å²) in [4.78, 5) is 22.5. The summed E-state index contributed by atoms with van der Waals surface area (Å²) < 4.78 is 0. The first-order valence-electron chi connectivity index (χ1n) is 13.4. The topological polar surface area (TPSA) is 127 Å². The number of carboxylic acids is 2. The van der Waals surface area contributed by atoms with Crippen LogP contribution in [0.2, 0.25) is 0 Å². The zero-order valence-corrected chi connectivity index (χ0v) is 22.1. The summed E-state index contributed by atoms with van der Waals surface area (Å²) in [6.07, 6.45) is 13.8. The van der Waals surface area contributed by atoms with E-state index in [-0.39, 0.29) is 10.8 Å². The summed E-state index contributed by atoms with van der Waals surface area (Å²) >= 11 is 0. The molecule has 0 spiro atoms. The van der Waals surface area contributed by atoms with Crippen LogP contribution in [0, 0.1) is 46.3 Å². The third kappa shape index (κ3) is 5.92. The summed E-state index contributed by atoms with van der Waals surface area (Å²) in [6, 6.07) is 0. The smallest absolute Gasteiger partial charge is 0.309 e. The van der Waals surface area contributed by atoms with Gasteiger partial charge in [-0.25, -0.2) is 0 Å². The highest BCUT2D eigenvalue weighted by molar-refractivity contribution is 8.76. The van der Waals surface area contributed by atoms with Gasteiger partial charge in [0.15, 0.2) is 0 Å². The summed E-state index contributed by atoms with van der Waals surface area (Å²) in [6.45, 7) is 1.53. The lowest BCUT2D eigenvalue weighted by Gasteiger charge is -2.54. The van der Waals surface area contributed by atoms with Crippen LogP contribution in [-0.4, -0.2) is 46.7 Å². The lowest BCUT2D eigenvalue weighted by molar-refractivity contribution is -0.165. The van der Waals surface area contributed by atoms with Crippen molar-refractivity contribution < 1.29 is 19.8 Å². The van der Waals surface area contributed by atoms with Crippen LogP contribution in [0.4, 0.5) is 0 Å². The second-order valence-corrected chi connectivity index (χ2v) is 14.9. The van der Waals surface area contributed by atoms with Gasteiger partial charge in [-0.3, -0.25) is 9.59 Å². The fraction of sp³-hybridized carbons (Fsp3) is 0.923. The zero-order valence-electron chi connectivity index (χ0n) is 20.5. The van der Waals surface area contributed by atoms with Crippen molar-refractivity contribution in [3.05, 3.63) is 0 Å². The first-order valence-corrected chi connectivity index (χ1v) is 15.9. The fourth-order valence-corrected chi connectivity index (χ4v) is 10.7. The second kappa shape index (κ2) is 11.3. The van der Waals surface area contributed by atoms with E-state index >= 15 is 0 Å². The van der Waals surface area contributed by atoms with Gasteiger partial charge in [0, 0.05) is 24.6 Å². The van der Waals surface area contributed by atoms with Crippen LogP contribution in [0.15, 0.2) is 0 Å². The second-order valence-electron chi connectivity index (χ2n) is 12.2. The molecular formula is C26H44N2O4S2. The number of aliphatic carboxylic acids is 2. The molecule has 0 aliphatic heterocycles. The average Bonchev–Trinajstić information content (AvgIpc) is 2.76. The van der Waals surface area contributed by atoms with E-state index in [1.807, 2.05) is 0 Å². The largest absolute Gasteiger partial charge is 0.481 e. The van der Waals surface area contributed by atoms with Crippen LogP contribution in [0.5, 0.6) is 0 Å². The molecule has 8 rings (SSSR count). The molecule has 0 radical (unpaired) electrons. The molecule has 0 unspecified atom stereocenters. The van der Waals surface area contributed by atoms with E-state index in [0.717, 1.165) is 98.6 Å². The Morgan fingerprint density at radius 2 is 0.824 bits per heavy atom. The molecule has 34 heavy (non-hydrogen) atoms. The van der Waals surface area contributed by atoms with Crippen molar-refractivity contribution in [3.8, 4) is 0 Å². The molecule has 8 bridgehead atoms. The molecule has 0 atom stereocenters. The summed E-state index contributed by atoms with van der Waals surface area (Å²) in [5.41, 5.74) is 9.92. The Labute approximate surface area is 212 Å². The molecule has 8 heteroatoms. The SMILES string of the molecule is NCCSSCCN.O=C(O)C12CC3CC(CC(C3)C1)C2.O=C(O)C12CC3CC(CC(C3)C1)C2. The van der Waals surface area contributed by atoms with Crippen molar-refractivity contribution in [2.24, 2.45) is 57.8 Å². The van der Waals surface area contributed by atoms with Crippen molar-refractivity contribution in [1.29, 1.82) is 0 Å². The van der Waals surface area contributed by atoms with Gasteiger partial charge in [-0.05, 0) is 113 Å². The molecule has 8 saturated carbocycles. The normalized spacial score (nSPS) is 42.4. The minimum atomic E-state index is -0.508. The molecule has 0 saturated heterocycles. The Bertz CT molecular complexity index is 601. The Kier molecular flexibility index (Phi) is 8.85. The average molecular weight is 513 g/mol. The van der Waals surface area contributed by atoms with Gasteiger partial charge in [-0.2, -0.15) is 0 Å². The van der Waals surface area contributed by atoms with Gasteiger partial charge >= 0.3 is 11.9 Å². The standard InChI is InChI=1S/2C11H16O2.C4H12N2S2/c2*12-10(13)11-4-7-1-8(5-11)3-9(2-7)6-11;5-1-3-7-8-4-2-6/h2*7-9H,1-6H2,(H,12,13);1-6H2. The summed E-state index contributed by atoms with van der Waals surface area (Å²) in [7, 11) is 3.58. The predicted octanol–water partition coefficient (Wildman–Crippen LogP) is 4.86. The number of nitrogens with two attached hydrogens (primary N) is 2. The molecule has 0 aromatic rings. The first kappa shape index (κ1) is 26.6. The molecule has 6 nitrogen and oxygen atoms in total. The molecule has 8 fully saturated rings. The highest BCUT2D eigenvalue weighted by Gasteiger charge is 2.55. The fourth-order valence-electron chi connectivity index (χ4n) is 8.96. The van der Waals surface area contributed by atoms with Crippen LogP contribution >= 0.6 is 21.6 Å². The highest BCUT2D eigenvalue weighted by atomic mass is 33.1. The molecule has 8 aliphatic rings. The maximum atomic E-state index is 11.3. The van der Waals surface area contributed by atoms with Crippen molar-refractivity contribution in [3.63, 3.8) is 0 Å². The van der Waals surface area contributed by atoms with Gasteiger partial charge in [0.2, 0.25) is 0 Å². The van der Waals surface area contributed by atoms with Crippen molar-refractivity contribution in [2.45, 2.75) is 77.0 Å². The molecule has 0 heterocycles. The first-order chi connectivity index (χ1) is 16.3. The Morgan fingerprint density at radius 1 is 0.588 bits per heavy atom. The van der Waals surface area contributed by atoms with Gasteiger partial charge in [0.1, 0.15) is 0 Å². The van der Waals surface area contributed by atoms with Crippen LogP contribution in [0.3, 0.4) is 0 Å². The Hall–Kier alpha value is -0.440. The highest BCUT2D eigenvalue weighted by Crippen LogP contribution is 2.61. The minimum Gasteiger partial charge on any atom is -0.481 e. The van der Waals surface area contributed by atoms with Crippen LogP contribution in [0.1, 0.15) is 77.0 Å².